The predicted molar refractivity (Wildman–Crippen MR) is 119 cm³/mol. The van der Waals surface area contributed by atoms with E-state index in [0.29, 0.717) is 30.4 Å². The number of aromatic nitrogens is 4. The Morgan fingerprint density at radius 3 is 2.81 bits per heavy atom. The number of rotatable bonds is 3. The summed E-state index contributed by atoms with van der Waals surface area (Å²) in [6.45, 7) is 2.37. The molecular formula is C24H23N5O3. The van der Waals surface area contributed by atoms with E-state index in [4.69, 9.17) is 4.42 Å². The van der Waals surface area contributed by atoms with Crippen LogP contribution in [0.4, 0.5) is 0 Å². The zero-order valence-corrected chi connectivity index (χ0v) is 18.0. The molecule has 1 aliphatic heterocycles. The van der Waals surface area contributed by atoms with E-state index in [1.54, 1.807) is 30.3 Å². The fraction of sp³-hybridized carbons (Fsp3) is 0.292. The molecule has 8 nitrogen and oxygen atoms in total. The summed E-state index contributed by atoms with van der Waals surface area (Å²) >= 11 is 0. The molecule has 1 aliphatic rings. The number of fused-ring (bicyclic) bond motifs is 1. The molecule has 0 spiro atoms. The molecular weight excluding hydrogens is 406 g/mol. The largest absolute Gasteiger partial charge is 0.417 e. The van der Waals surface area contributed by atoms with Crippen molar-refractivity contribution in [3.63, 3.8) is 0 Å². The van der Waals surface area contributed by atoms with Crippen LogP contribution in [0.1, 0.15) is 47.2 Å². The van der Waals surface area contributed by atoms with Gasteiger partial charge in [0.05, 0.1) is 0 Å². The van der Waals surface area contributed by atoms with E-state index in [-0.39, 0.29) is 23.1 Å². The molecule has 1 fully saturated rings. The van der Waals surface area contributed by atoms with Crippen LogP contribution in [0, 0.1) is 6.92 Å². The lowest BCUT2D eigenvalue weighted by Crippen LogP contribution is -2.41. The number of nitrogens with zero attached hydrogens (tertiary/aromatic N) is 5. The third-order valence-electron chi connectivity index (χ3n) is 6.15. The maximum absolute atomic E-state index is 13.3. The van der Waals surface area contributed by atoms with Crippen LogP contribution in [0.5, 0.6) is 0 Å². The van der Waals surface area contributed by atoms with Crippen molar-refractivity contribution in [2.75, 3.05) is 6.54 Å². The second kappa shape index (κ2) is 8.03. The first-order valence-corrected chi connectivity index (χ1v) is 10.7. The van der Waals surface area contributed by atoms with Crippen molar-refractivity contribution >= 4 is 16.7 Å². The van der Waals surface area contributed by atoms with Crippen LogP contribution in [-0.4, -0.2) is 37.1 Å². The average Bonchev–Trinajstić information content (AvgIpc) is 3.32. The number of amides is 1. The SMILES string of the molecule is Cc1ccc(C(=O)N2CCCCC2c2nnc(-c3nccc4ccccc34)o2)c(=O)n1C. The molecule has 162 valence electrons. The van der Waals surface area contributed by atoms with Crippen molar-refractivity contribution in [2.24, 2.45) is 7.05 Å². The standard InChI is InChI=1S/C24H23N5O3/c1-15-10-11-18(23(30)28(15)2)24(31)29-14-6-5-9-19(29)21-26-27-22(32-21)20-17-8-4-3-7-16(17)12-13-25-20/h3-4,7-8,10-13,19H,5-6,9,14H2,1-2H3. The second-order valence-corrected chi connectivity index (χ2v) is 8.09. The first-order valence-electron chi connectivity index (χ1n) is 10.7. The summed E-state index contributed by atoms with van der Waals surface area (Å²) in [6.07, 6.45) is 4.21. The minimum absolute atomic E-state index is 0.153. The van der Waals surface area contributed by atoms with Crippen molar-refractivity contribution in [3.05, 3.63) is 76.2 Å². The smallest absolute Gasteiger partial charge is 0.267 e. The Morgan fingerprint density at radius 1 is 1.09 bits per heavy atom. The first-order chi connectivity index (χ1) is 15.5. The van der Waals surface area contributed by atoms with Gasteiger partial charge in [0.15, 0.2) is 0 Å². The van der Waals surface area contributed by atoms with E-state index < -0.39 is 0 Å². The molecule has 1 amide bonds. The summed E-state index contributed by atoms with van der Waals surface area (Å²) in [6, 6.07) is 12.8. The van der Waals surface area contributed by atoms with Crippen LogP contribution in [0.2, 0.25) is 0 Å². The van der Waals surface area contributed by atoms with Gasteiger partial charge in [-0.1, -0.05) is 24.3 Å². The van der Waals surface area contributed by atoms with E-state index in [1.165, 1.54) is 4.57 Å². The fourth-order valence-electron chi connectivity index (χ4n) is 4.23. The van der Waals surface area contributed by atoms with Gasteiger partial charge in [-0.15, -0.1) is 10.2 Å². The van der Waals surface area contributed by atoms with Gasteiger partial charge in [0.25, 0.3) is 17.4 Å². The summed E-state index contributed by atoms with van der Waals surface area (Å²) in [5.41, 5.74) is 1.26. The molecule has 0 radical (unpaired) electrons. The number of likely N-dealkylation sites (tertiary alicyclic amines) is 1. The monoisotopic (exact) mass is 429 g/mol. The number of piperidine rings is 1. The molecule has 0 N–H and O–H groups in total. The van der Waals surface area contributed by atoms with Gasteiger partial charge in [0.2, 0.25) is 5.89 Å². The van der Waals surface area contributed by atoms with E-state index in [2.05, 4.69) is 15.2 Å². The molecule has 1 aromatic carbocycles. The lowest BCUT2D eigenvalue weighted by atomic mass is 10.0. The molecule has 1 saturated heterocycles. The molecule has 0 aliphatic carbocycles. The van der Waals surface area contributed by atoms with Crippen LogP contribution in [0.3, 0.4) is 0 Å². The minimum atomic E-state index is -0.376. The normalized spacial score (nSPS) is 16.4. The number of carbonyl (C=O) groups is 1. The Kier molecular flexibility index (Phi) is 5.05. The van der Waals surface area contributed by atoms with Crippen LogP contribution in [0.25, 0.3) is 22.4 Å². The number of aryl methyl sites for hydroxylation is 1. The molecule has 0 bridgehead atoms. The first kappa shape index (κ1) is 20.1. The Labute approximate surface area is 184 Å². The summed E-state index contributed by atoms with van der Waals surface area (Å²) in [4.78, 5) is 32.1. The van der Waals surface area contributed by atoms with Gasteiger partial charge < -0.3 is 13.9 Å². The van der Waals surface area contributed by atoms with Crippen molar-refractivity contribution in [1.29, 1.82) is 0 Å². The third-order valence-corrected chi connectivity index (χ3v) is 6.15. The Bertz CT molecular complexity index is 1370. The highest BCUT2D eigenvalue weighted by atomic mass is 16.4. The van der Waals surface area contributed by atoms with E-state index in [0.717, 1.165) is 29.3 Å². The minimum Gasteiger partial charge on any atom is -0.417 e. The highest BCUT2D eigenvalue weighted by Crippen LogP contribution is 2.33. The van der Waals surface area contributed by atoms with Gasteiger partial charge >= 0.3 is 0 Å². The maximum Gasteiger partial charge on any atom is 0.267 e. The molecule has 1 unspecified atom stereocenters. The van der Waals surface area contributed by atoms with Crippen LogP contribution < -0.4 is 5.56 Å². The Hall–Kier alpha value is -3.81. The maximum atomic E-state index is 13.3. The highest BCUT2D eigenvalue weighted by molar-refractivity contribution is 5.94. The molecule has 3 aromatic heterocycles. The van der Waals surface area contributed by atoms with Crippen molar-refractivity contribution < 1.29 is 9.21 Å². The summed E-state index contributed by atoms with van der Waals surface area (Å²) < 4.78 is 7.53. The summed E-state index contributed by atoms with van der Waals surface area (Å²) in [7, 11) is 1.67. The zero-order chi connectivity index (χ0) is 22.2. The van der Waals surface area contributed by atoms with Gasteiger partial charge in [-0.25, -0.2) is 0 Å². The number of benzene rings is 1. The van der Waals surface area contributed by atoms with Crippen LogP contribution in [0.15, 0.2) is 57.9 Å². The molecule has 32 heavy (non-hydrogen) atoms. The van der Waals surface area contributed by atoms with Gasteiger partial charge in [0, 0.05) is 30.9 Å². The van der Waals surface area contributed by atoms with Crippen molar-refractivity contribution in [3.8, 4) is 11.6 Å². The number of pyridine rings is 2. The van der Waals surface area contributed by atoms with E-state index in [9.17, 15) is 9.59 Å². The molecule has 4 aromatic rings. The highest BCUT2D eigenvalue weighted by Gasteiger charge is 2.34. The predicted octanol–water partition coefficient (Wildman–Crippen LogP) is 3.66. The molecule has 1 atom stereocenters. The van der Waals surface area contributed by atoms with Crippen molar-refractivity contribution in [2.45, 2.75) is 32.2 Å². The van der Waals surface area contributed by atoms with Gasteiger partial charge in [-0.2, -0.15) is 0 Å². The van der Waals surface area contributed by atoms with E-state index >= 15 is 0 Å². The van der Waals surface area contributed by atoms with Gasteiger partial charge in [-0.3, -0.25) is 14.6 Å². The summed E-state index contributed by atoms with van der Waals surface area (Å²) in [5, 5.41) is 10.5. The molecule has 8 heteroatoms. The van der Waals surface area contributed by atoms with Crippen molar-refractivity contribution in [1.82, 2.24) is 24.6 Å². The second-order valence-electron chi connectivity index (χ2n) is 8.09. The lowest BCUT2D eigenvalue weighted by Gasteiger charge is -2.33. The van der Waals surface area contributed by atoms with Crippen LogP contribution >= 0.6 is 0 Å². The quantitative estimate of drug-likeness (QED) is 0.493. The van der Waals surface area contributed by atoms with Gasteiger partial charge in [-0.05, 0) is 49.8 Å². The number of hydrogen-bond donors (Lipinski definition) is 0. The average molecular weight is 429 g/mol. The van der Waals surface area contributed by atoms with Gasteiger partial charge in [0.1, 0.15) is 17.3 Å². The lowest BCUT2D eigenvalue weighted by molar-refractivity contribution is 0.0570. The fourth-order valence-corrected chi connectivity index (χ4v) is 4.23. The Balaban J connectivity index is 1.50. The Morgan fingerprint density at radius 2 is 1.94 bits per heavy atom. The third kappa shape index (κ3) is 3.37. The number of carbonyl (C=O) groups excluding carboxylic acids is 1. The van der Waals surface area contributed by atoms with E-state index in [1.807, 2.05) is 37.3 Å². The number of hydrogen-bond acceptors (Lipinski definition) is 6. The zero-order valence-electron chi connectivity index (χ0n) is 18.0. The van der Waals surface area contributed by atoms with Crippen LogP contribution in [-0.2, 0) is 7.05 Å². The topological polar surface area (TPSA) is 94.1 Å². The molecule has 4 heterocycles. The molecule has 0 saturated carbocycles. The summed E-state index contributed by atoms with van der Waals surface area (Å²) in [5.74, 6) is 0.381. The molecule has 5 rings (SSSR count).